The Bertz CT molecular complexity index is 314. The van der Waals surface area contributed by atoms with Gasteiger partial charge >= 0.3 is 133 Å². The Balaban J connectivity index is 3.77. The molecule has 0 rings (SSSR count). The normalized spacial score (nSPS) is 11.8. The fraction of sp³-hybridized carbons (Fsp3) is 0.857. The number of hydrogen-bond acceptors (Lipinski definition) is 4. The van der Waals surface area contributed by atoms with Crippen molar-refractivity contribution < 1.29 is 19.1 Å². The molecule has 0 unspecified atom stereocenters. The maximum atomic E-state index is 11.4. The van der Waals surface area contributed by atoms with Crippen molar-refractivity contribution in [1.29, 1.82) is 0 Å². The van der Waals surface area contributed by atoms with Gasteiger partial charge in [0.2, 0.25) is 0 Å². The molecule has 0 atom stereocenters. The molecular weight excluding hydrogens is 390 g/mol. The van der Waals surface area contributed by atoms with Gasteiger partial charge in [-0.15, -0.1) is 0 Å². The second-order valence-electron chi connectivity index (χ2n) is 5.75. The van der Waals surface area contributed by atoms with Crippen LogP contribution in [0.25, 0.3) is 0 Å². The first kappa shape index (κ1) is 20.0. The van der Waals surface area contributed by atoms with Gasteiger partial charge in [-0.1, -0.05) is 0 Å². The van der Waals surface area contributed by atoms with Crippen LogP contribution >= 0.6 is 0 Å². The number of esters is 2. The maximum absolute atomic E-state index is 11.4. The van der Waals surface area contributed by atoms with Gasteiger partial charge in [-0.2, -0.15) is 0 Å². The van der Waals surface area contributed by atoms with Crippen LogP contribution in [0.1, 0.15) is 41.5 Å². The molecule has 0 aliphatic rings. The summed E-state index contributed by atoms with van der Waals surface area (Å²) < 4.78 is 10.5. The molecule has 0 N–H and O–H groups in total. The summed E-state index contributed by atoms with van der Waals surface area (Å²) in [5.41, 5.74) is 0. The molecule has 6 heteroatoms. The molecule has 0 radical (unpaired) electrons. The van der Waals surface area contributed by atoms with Crippen molar-refractivity contribution in [1.82, 2.24) is 0 Å². The molecule has 4 nitrogen and oxygen atoms in total. The van der Waals surface area contributed by atoms with Crippen molar-refractivity contribution in [2.45, 2.75) is 51.2 Å². The summed E-state index contributed by atoms with van der Waals surface area (Å²) in [4.78, 5) is 22.7. The van der Waals surface area contributed by atoms with Crippen molar-refractivity contribution in [3.8, 4) is 0 Å². The Kier molecular flexibility index (Phi) is 9.82. The molecule has 0 aromatic carbocycles. The quantitative estimate of drug-likeness (QED) is 0.329. The van der Waals surface area contributed by atoms with Crippen molar-refractivity contribution in [2.75, 3.05) is 13.2 Å². The molecule has 0 aromatic heterocycles. The zero-order chi connectivity index (χ0) is 15.8. The van der Waals surface area contributed by atoms with Crippen molar-refractivity contribution in [2.24, 2.45) is 11.8 Å². The first-order chi connectivity index (χ1) is 9.15. The third kappa shape index (κ3) is 9.82. The zero-order valence-electron chi connectivity index (χ0n) is 13.2. The van der Waals surface area contributed by atoms with Crippen molar-refractivity contribution in [3.63, 3.8) is 0 Å². The molecule has 0 spiro atoms. The average Bonchev–Trinajstić information content (AvgIpc) is 2.34. The van der Waals surface area contributed by atoms with Crippen LogP contribution in [0, 0.1) is 11.8 Å². The monoisotopic (exact) mass is 418 g/mol. The van der Waals surface area contributed by atoms with Crippen molar-refractivity contribution >= 4 is 38.2 Å². The molecular formula is C14H26O4Se2. The molecule has 0 bridgehead atoms. The molecule has 0 aliphatic carbocycles. The van der Waals surface area contributed by atoms with E-state index in [1.807, 2.05) is 27.7 Å². The Labute approximate surface area is 133 Å². The van der Waals surface area contributed by atoms with E-state index < -0.39 is 0 Å². The van der Waals surface area contributed by atoms with E-state index in [1.54, 1.807) is 0 Å². The third-order valence-corrected chi connectivity index (χ3v) is 12.4. The van der Waals surface area contributed by atoms with Gasteiger partial charge in [0.15, 0.2) is 0 Å². The first-order valence-electron chi connectivity index (χ1n) is 6.79. The fourth-order valence-electron chi connectivity index (χ4n) is 0.980. The Morgan fingerprint density at radius 1 is 1.00 bits per heavy atom. The molecule has 0 saturated heterocycles. The molecule has 0 aliphatic heterocycles. The fourth-order valence-corrected chi connectivity index (χ4v) is 8.02. The summed E-state index contributed by atoms with van der Waals surface area (Å²) >= 11 is 0.874. The zero-order valence-corrected chi connectivity index (χ0v) is 16.7. The van der Waals surface area contributed by atoms with E-state index in [4.69, 9.17) is 9.47 Å². The van der Waals surface area contributed by atoms with Crippen molar-refractivity contribution in [3.05, 3.63) is 0 Å². The van der Waals surface area contributed by atoms with Gasteiger partial charge in [0.1, 0.15) is 0 Å². The van der Waals surface area contributed by atoms with Gasteiger partial charge in [-0.3, -0.25) is 0 Å². The molecule has 118 valence electrons. The van der Waals surface area contributed by atoms with Crippen LogP contribution in [0.5, 0.6) is 0 Å². The summed E-state index contributed by atoms with van der Waals surface area (Å²) in [6, 6.07) is 0. The van der Waals surface area contributed by atoms with Crippen LogP contribution in [-0.2, 0) is 19.1 Å². The SMILES string of the molecule is CC(C)C(=O)OCC[Se][Se]C(C)(C)COC(=O)C(C)C. The van der Waals surface area contributed by atoms with Crippen LogP contribution in [0.15, 0.2) is 0 Å². The van der Waals surface area contributed by atoms with Gasteiger partial charge in [-0.05, 0) is 0 Å². The van der Waals surface area contributed by atoms with Crippen LogP contribution in [-0.4, -0.2) is 51.4 Å². The third-order valence-electron chi connectivity index (χ3n) is 2.20. The van der Waals surface area contributed by atoms with Gasteiger partial charge in [0.05, 0.1) is 0 Å². The first-order valence-corrected chi connectivity index (χ1v) is 13.2. The Hall–Kier alpha value is -0.0210. The second-order valence-corrected chi connectivity index (χ2v) is 14.2. The molecule has 0 aromatic rings. The predicted octanol–water partition coefficient (Wildman–Crippen LogP) is 2.33. The summed E-state index contributed by atoms with van der Waals surface area (Å²) in [7, 11) is 0. The number of rotatable bonds is 9. The minimum absolute atomic E-state index is 0.0552. The summed E-state index contributed by atoms with van der Waals surface area (Å²) in [6.07, 6.45) is 0. The minimum atomic E-state index is -0.132. The van der Waals surface area contributed by atoms with E-state index in [0.717, 1.165) is 5.32 Å². The summed E-state index contributed by atoms with van der Waals surface area (Å²) in [6.45, 7) is 12.6. The number of hydrogen-bond donors (Lipinski definition) is 0. The second kappa shape index (κ2) is 9.83. The van der Waals surface area contributed by atoms with E-state index in [0.29, 0.717) is 39.5 Å². The van der Waals surface area contributed by atoms with Crippen LogP contribution in [0.2, 0.25) is 9.63 Å². The van der Waals surface area contributed by atoms with Gasteiger partial charge in [-0.25, -0.2) is 0 Å². The van der Waals surface area contributed by atoms with Crippen LogP contribution in [0.3, 0.4) is 0 Å². The number of ether oxygens (including phenoxy) is 2. The average molecular weight is 416 g/mol. The molecule has 0 saturated carbocycles. The predicted molar refractivity (Wildman–Crippen MR) is 82.0 cm³/mol. The molecule has 0 heterocycles. The van der Waals surface area contributed by atoms with E-state index in [9.17, 15) is 9.59 Å². The van der Waals surface area contributed by atoms with Crippen LogP contribution in [0.4, 0.5) is 0 Å². The standard InChI is InChI=1S/C14H26O4Se2/c1-10(2)12(15)17-7-8-19-20-14(5,6)9-18-13(16)11(3)4/h10-11H,7-9H2,1-6H3. The van der Waals surface area contributed by atoms with Gasteiger partial charge < -0.3 is 0 Å². The molecule has 0 fully saturated rings. The summed E-state index contributed by atoms with van der Waals surface area (Å²) in [5, 5.41) is 0.938. The van der Waals surface area contributed by atoms with Gasteiger partial charge in [0, 0.05) is 0 Å². The topological polar surface area (TPSA) is 52.6 Å². The number of carbonyl (C=O) groups excluding carboxylic acids is 2. The number of carbonyl (C=O) groups is 2. The molecule has 0 amide bonds. The van der Waals surface area contributed by atoms with Gasteiger partial charge in [0.25, 0.3) is 0 Å². The summed E-state index contributed by atoms with van der Waals surface area (Å²) in [5.74, 6) is -0.384. The van der Waals surface area contributed by atoms with E-state index in [1.165, 1.54) is 0 Å². The Morgan fingerprint density at radius 3 is 2.00 bits per heavy atom. The van der Waals surface area contributed by atoms with E-state index >= 15 is 0 Å². The van der Waals surface area contributed by atoms with E-state index in [-0.39, 0.29) is 28.1 Å². The van der Waals surface area contributed by atoms with Crippen LogP contribution < -0.4 is 0 Å². The van der Waals surface area contributed by atoms with E-state index in [2.05, 4.69) is 13.8 Å². The molecule has 20 heavy (non-hydrogen) atoms. The Morgan fingerprint density at radius 2 is 1.50 bits per heavy atom.